The molecule has 0 aliphatic heterocycles. The second-order valence-corrected chi connectivity index (χ2v) is 5.59. The minimum atomic E-state index is -1.14. The van der Waals surface area contributed by atoms with Gasteiger partial charge in [0.1, 0.15) is 0 Å². The van der Waals surface area contributed by atoms with E-state index in [9.17, 15) is 9.90 Å². The fraction of sp³-hybridized carbons (Fsp3) is 0.188. The first-order chi connectivity index (χ1) is 9.08. The monoisotopic (exact) mass is 271 g/mol. The van der Waals surface area contributed by atoms with E-state index in [0.29, 0.717) is 10.8 Å². The lowest BCUT2D eigenvalue weighted by Crippen LogP contribution is -2.23. The van der Waals surface area contributed by atoms with Crippen molar-refractivity contribution in [3.8, 4) is 0 Å². The van der Waals surface area contributed by atoms with E-state index in [4.69, 9.17) is 0 Å². The molecule has 2 nitrogen and oxygen atoms in total. The van der Waals surface area contributed by atoms with Crippen LogP contribution in [0.25, 0.3) is 11.6 Å². The molecular formula is C16H15O2S-. The molecule has 1 heterocycles. The maximum Gasteiger partial charge on any atom is 0.0729 e. The van der Waals surface area contributed by atoms with Crippen LogP contribution in [0.4, 0.5) is 0 Å². The van der Waals surface area contributed by atoms with Crippen LogP contribution in [0, 0.1) is 0 Å². The van der Waals surface area contributed by atoms with Crippen molar-refractivity contribution in [3.63, 3.8) is 0 Å². The van der Waals surface area contributed by atoms with Gasteiger partial charge >= 0.3 is 0 Å². The molecule has 3 heteroatoms. The zero-order chi connectivity index (χ0) is 13.8. The molecular weight excluding hydrogens is 256 g/mol. The topological polar surface area (TPSA) is 40.1 Å². The predicted octanol–water partition coefficient (Wildman–Crippen LogP) is 3.16. The molecule has 0 saturated carbocycles. The van der Waals surface area contributed by atoms with Gasteiger partial charge in [0.05, 0.1) is 5.97 Å². The Morgan fingerprint density at radius 1 is 1.21 bits per heavy atom. The van der Waals surface area contributed by atoms with Crippen molar-refractivity contribution in [2.24, 2.45) is 0 Å². The maximum absolute atomic E-state index is 11.2. The van der Waals surface area contributed by atoms with Crippen molar-refractivity contribution in [2.45, 2.75) is 19.8 Å². The number of carbonyl (C=O) groups is 1. The minimum absolute atomic E-state index is 0.229. The van der Waals surface area contributed by atoms with E-state index in [1.165, 1.54) is 16.9 Å². The van der Waals surface area contributed by atoms with Crippen LogP contribution in [-0.4, -0.2) is 5.97 Å². The molecule has 1 aromatic heterocycles. The van der Waals surface area contributed by atoms with E-state index in [0.717, 1.165) is 5.56 Å². The van der Waals surface area contributed by atoms with Crippen molar-refractivity contribution < 1.29 is 9.90 Å². The number of thiophene rings is 1. The van der Waals surface area contributed by atoms with Crippen LogP contribution >= 0.6 is 11.3 Å². The first-order valence-electron chi connectivity index (χ1n) is 6.15. The molecule has 19 heavy (non-hydrogen) atoms. The van der Waals surface area contributed by atoms with Gasteiger partial charge in [-0.15, -0.1) is 11.3 Å². The van der Waals surface area contributed by atoms with Crippen molar-refractivity contribution >= 4 is 29.0 Å². The lowest BCUT2D eigenvalue weighted by Gasteiger charge is -2.08. The quantitative estimate of drug-likeness (QED) is 0.801. The minimum Gasteiger partial charge on any atom is -0.545 e. The Morgan fingerprint density at radius 3 is 2.37 bits per heavy atom. The number of hydrogen-bond donors (Lipinski definition) is 0. The summed E-state index contributed by atoms with van der Waals surface area (Å²) in [6.45, 7) is 4.26. The number of carboxylic acids is 1. The number of hydrogen-bond acceptors (Lipinski definition) is 3. The Balaban J connectivity index is 2.34. The average molecular weight is 271 g/mol. The van der Waals surface area contributed by atoms with Crippen molar-refractivity contribution in [3.05, 3.63) is 57.8 Å². The SMILES string of the molecule is CC(C)c1ccc(/C=C(/C(=O)[O-])c2cccs2)cc1. The Morgan fingerprint density at radius 2 is 1.89 bits per heavy atom. The van der Waals surface area contributed by atoms with Gasteiger partial charge in [0, 0.05) is 10.5 Å². The van der Waals surface area contributed by atoms with Gasteiger partial charge in [-0.1, -0.05) is 44.2 Å². The van der Waals surface area contributed by atoms with Gasteiger partial charge in [-0.05, 0) is 34.6 Å². The number of rotatable bonds is 4. The van der Waals surface area contributed by atoms with E-state index in [1.807, 2.05) is 35.7 Å². The molecule has 1 aromatic carbocycles. The molecule has 98 valence electrons. The molecule has 0 saturated heterocycles. The highest BCUT2D eigenvalue weighted by molar-refractivity contribution is 7.11. The molecule has 2 aromatic rings. The summed E-state index contributed by atoms with van der Waals surface area (Å²) in [5.74, 6) is -0.675. The van der Waals surface area contributed by atoms with Crippen LogP contribution in [-0.2, 0) is 4.79 Å². The zero-order valence-electron chi connectivity index (χ0n) is 10.9. The molecule has 0 spiro atoms. The summed E-state index contributed by atoms with van der Waals surface area (Å²) in [6, 6.07) is 11.5. The lowest BCUT2D eigenvalue weighted by molar-refractivity contribution is -0.295. The second kappa shape index (κ2) is 5.85. The van der Waals surface area contributed by atoms with Gasteiger partial charge in [0.2, 0.25) is 0 Å². The Labute approximate surface area is 117 Å². The largest absolute Gasteiger partial charge is 0.545 e. The Kier molecular flexibility index (Phi) is 4.17. The molecule has 0 unspecified atom stereocenters. The van der Waals surface area contributed by atoms with Crippen LogP contribution in [0.5, 0.6) is 0 Å². The number of benzene rings is 1. The molecule has 0 N–H and O–H groups in total. The molecule has 0 radical (unpaired) electrons. The van der Waals surface area contributed by atoms with E-state index < -0.39 is 5.97 Å². The molecule has 0 atom stereocenters. The van der Waals surface area contributed by atoms with Crippen LogP contribution in [0.15, 0.2) is 41.8 Å². The van der Waals surface area contributed by atoms with E-state index >= 15 is 0 Å². The van der Waals surface area contributed by atoms with Crippen molar-refractivity contribution in [1.29, 1.82) is 0 Å². The molecule has 0 aliphatic carbocycles. The van der Waals surface area contributed by atoms with E-state index in [2.05, 4.69) is 13.8 Å². The summed E-state index contributed by atoms with van der Waals surface area (Å²) in [5, 5.41) is 13.1. The highest BCUT2D eigenvalue weighted by atomic mass is 32.1. The van der Waals surface area contributed by atoms with Gasteiger partial charge in [0.15, 0.2) is 0 Å². The van der Waals surface area contributed by atoms with Gasteiger partial charge in [0.25, 0.3) is 0 Å². The van der Waals surface area contributed by atoms with Crippen LogP contribution < -0.4 is 5.11 Å². The van der Waals surface area contributed by atoms with Gasteiger partial charge in [-0.2, -0.15) is 0 Å². The number of carbonyl (C=O) groups excluding carboxylic acids is 1. The predicted molar refractivity (Wildman–Crippen MR) is 77.7 cm³/mol. The van der Waals surface area contributed by atoms with E-state index in [1.54, 1.807) is 12.1 Å². The first kappa shape index (κ1) is 13.6. The Bertz CT molecular complexity index is 578. The molecule has 2 rings (SSSR count). The highest BCUT2D eigenvalue weighted by Gasteiger charge is 2.04. The summed E-state index contributed by atoms with van der Waals surface area (Å²) >= 11 is 1.40. The number of carboxylic acid groups (broad SMARTS) is 1. The number of aliphatic carboxylic acids is 1. The van der Waals surface area contributed by atoms with Crippen molar-refractivity contribution in [1.82, 2.24) is 0 Å². The van der Waals surface area contributed by atoms with Crippen LogP contribution in [0.2, 0.25) is 0 Å². The third kappa shape index (κ3) is 3.32. The first-order valence-corrected chi connectivity index (χ1v) is 7.03. The van der Waals surface area contributed by atoms with Crippen molar-refractivity contribution in [2.75, 3.05) is 0 Å². The van der Waals surface area contributed by atoms with Gasteiger partial charge in [-0.3, -0.25) is 0 Å². The smallest absolute Gasteiger partial charge is 0.0729 e. The summed E-state index contributed by atoms with van der Waals surface area (Å²) < 4.78 is 0. The summed E-state index contributed by atoms with van der Waals surface area (Å²) in [5.41, 5.74) is 2.34. The van der Waals surface area contributed by atoms with Gasteiger partial charge in [-0.25, -0.2) is 0 Å². The second-order valence-electron chi connectivity index (χ2n) is 4.64. The highest BCUT2D eigenvalue weighted by Crippen LogP contribution is 2.23. The van der Waals surface area contributed by atoms with E-state index in [-0.39, 0.29) is 5.57 Å². The standard InChI is InChI=1S/C16H16O2S/c1-11(2)13-7-5-12(6-8-13)10-14(16(17)18)15-4-3-9-19-15/h3-11H,1-2H3,(H,17,18)/p-1/b14-10+. The molecule has 0 aliphatic rings. The summed E-state index contributed by atoms with van der Waals surface area (Å²) in [4.78, 5) is 11.9. The Hall–Kier alpha value is -1.87. The third-order valence-electron chi connectivity index (χ3n) is 2.92. The fourth-order valence-corrected chi connectivity index (χ4v) is 2.54. The maximum atomic E-state index is 11.2. The zero-order valence-corrected chi connectivity index (χ0v) is 11.7. The third-order valence-corrected chi connectivity index (χ3v) is 3.82. The summed E-state index contributed by atoms with van der Waals surface area (Å²) in [6.07, 6.45) is 1.66. The van der Waals surface area contributed by atoms with Crippen LogP contribution in [0.3, 0.4) is 0 Å². The molecule has 0 bridgehead atoms. The summed E-state index contributed by atoms with van der Waals surface area (Å²) in [7, 11) is 0. The fourth-order valence-electron chi connectivity index (χ4n) is 1.81. The average Bonchev–Trinajstić information content (AvgIpc) is 2.89. The molecule has 0 amide bonds. The lowest BCUT2D eigenvalue weighted by atomic mass is 10.0. The molecule has 0 fully saturated rings. The van der Waals surface area contributed by atoms with Gasteiger partial charge < -0.3 is 9.90 Å². The van der Waals surface area contributed by atoms with Crippen LogP contribution in [0.1, 0.15) is 35.8 Å². The normalized spacial score (nSPS) is 11.8.